The van der Waals surface area contributed by atoms with Gasteiger partial charge in [0.15, 0.2) is 0 Å². The second-order valence-electron chi connectivity index (χ2n) is 3.92. The summed E-state index contributed by atoms with van der Waals surface area (Å²) in [7, 11) is 0. The maximum atomic E-state index is 11.8. The highest BCUT2D eigenvalue weighted by Gasteiger charge is 2.09. The monoisotopic (exact) mass is 296 g/mol. The van der Waals surface area contributed by atoms with Gasteiger partial charge in [0.05, 0.1) is 10.7 Å². The number of hydrogen-bond donors (Lipinski definition) is 2. The summed E-state index contributed by atoms with van der Waals surface area (Å²) in [4.78, 5) is 20.4. The number of aromatic nitrogens is 2. The number of thiazole rings is 2. The highest BCUT2D eigenvalue weighted by molar-refractivity contribution is 7.10. The van der Waals surface area contributed by atoms with E-state index in [2.05, 4.69) is 22.2 Å². The summed E-state index contributed by atoms with van der Waals surface area (Å²) in [5.41, 5.74) is 6.94. The molecule has 2 aromatic rings. The van der Waals surface area contributed by atoms with E-state index >= 15 is 0 Å². The number of amides is 1. The quantitative estimate of drug-likeness (QED) is 0.848. The Kier molecular flexibility index (Phi) is 5.00. The molecule has 0 aromatic carbocycles. The van der Waals surface area contributed by atoms with Crippen molar-refractivity contribution in [1.82, 2.24) is 15.3 Å². The molecular formula is C12H16N4OS2. The van der Waals surface area contributed by atoms with E-state index in [0.717, 1.165) is 28.6 Å². The summed E-state index contributed by atoms with van der Waals surface area (Å²) >= 11 is 3.07. The summed E-state index contributed by atoms with van der Waals surface area (Å²) < 4.78 is 0. The molecule has 0 saturated carbocycles. The SMILES string of the molecule is CCc1nc(CCNC(=O)c2csc(CN)n2)cs1. The van der Waals surface area contributed by atoms with E-state index in [1.165, 1.54) is 11.3 Å². The fourth-order valence-electron chi connectivity index (χ4n) is 1.53. The number of aryl methyl sites for hydroxylation is 1. The molecule has 102 valence electrons. The van der Waals surface area contributed by atoms with E-state index in [-0.39, 0.29) is 5.91 Å². The molecular weight excluding hydrogens is 280 g/mol. The zero-order valence-electron chi connectivity index (χ0n) is 10.7. The van der Waals surface area contributed by atoms with Crippen molar-refractivity contribution in [1.29, 1.82) is 0 Å². The van der Waals surface area contributed by atoms with Gasteiger partial charge in [0.1, 0.15) is 10.7 Å². The molecule has 0 aliphatic rings. The van der Waals surface area contributed by atoms with Crippen LogP contribution in [0.4, 0.5) is 0 Å². The lowest BCUT2D eigenvalue weighted by Crippen LogP contribution is -2.26. The molecule has 0 aliphatic heterocycles. The number of carbonyl (C=O) groups is 1. The Balaban J connectivity index is 1.80. The summed E-state index contributed by atoms with van der Waals surface area (Å²) in [5, 5.41) is 8.52. The van der Waals surface area contributed by atoms with Crippen molar-refractivity contribution in [2.45, 2.75) is 26.3 Å². The van der Waals surface area contributed by atoms with Crippen LogP contribution < -0.4 is 11.1 Å². The smallest absolute Gasteiger partial charge is 0.270 e. The van der Waals surface area contributed by atoms with Crippen molar-refractivity contribution in [3.8, 4) is 0 Å². The Labute approximate surface area is 119 Å². The van der Waals surface area contributed by atoms with Crippen LogP contribution in [-0.4, -0.2) is 22.4 Å². The largest absolute Gasteiger partial charge is 0.350 e. The van der Waals surface area contributed by atoms with Crippen LogP contribution in [0.2, 0.25) is 0 Å². The summed E-state index contributed by atoms with van der Waals surface area (Å²) in [6.07, 6.45) is 1.70. The number of rotatable bonds is 6. The second kappa shape index (κ2) is 6.74. The van der Waals surface area contributed by atoms with Crippen molar-refractivity contribution < 1.29 is 4.79 Å². The topological polar surface area (TPSA) is 80.9 Å². The highest BCUT2D eigenvalue weighted by Crippen LogP contribution is 2.11. The average Bonchev–Trinajstić information content (AvgIpc) is 3.07. The average molecular weight is 296 g/mol. The van der Waals surface area contributed by atoms with Crippen LogP contribution in [0.15, 0.2) is 10.8 Å². The molecule has 0 spiro atoms. The van der Waals surface area contributed by atoms with E-state index < -0.39 is 0 Å². The molecule has 0 radical (unpaired) electrons. The van der Waals surface area contributed by atoms with Gasteiger partial charge in [0.25, 0.3) is 5.91 Å². The minimum Gasteiger partial charge on any atom is -0.350 e. The third kappa shape index (κ3) is 3.82. The highest BCUT2D eigenvalue weighted by atomic mass is 32.1. The standard InChI is InChI=1S/C12H16N4OS2/c1-2-10-15-8(6-18-10)3-4-14-12(17)9-7-19-11(5-13)16-9/h6-7H,2-5,13H2,1H3,(H,14,17). The normalized spacial score (nSPS) is 10.6. The predicted octanol–water partition coefficient (Wildman–Crippen LogP) is 1.59. The first kappa shape index (κ1) is 14.1. The molecule has 7 heteroatoms. The molecule has 0 fully saturated rings. The van der Waals surface area contributed by atoms with Crippen molar-refractivity contribution >= 4 is 28.6 Å². The van der Waals surface area contributed by atoms with E-state index in [9.17, 15) is 4.79 Å². The molecule has 2 aromatic heterocycles. The van der Waals surface area contributed by atoms with Gasteiger partial charge >= 0.3 is 0 Å². The molecule has 0 bridgehead atoms. The minimum atomic E-state index is -0.151. The molecule has 2 rings (SSSR count). The Morgan fingerprint density at radius 2 is 2.11 bits per heavy atom. The second-order valence-corrected chi connectivity index (χ2v) is 5.81. The zero-order chi connectivity index (χ0) is 13.7. The Hall–Kier alpha value is -1.31. The van der Waals surface area contributed by atoms with Gasteiger partial charge in [-0.2, -0.15) is 0 Å². The van der Waals surface area contributed by atoms with Crippen molar-refractivity contribution in [2.75, 3.05) is 6.54 Å². The van der Waals surface area contributed by atoms with Crippen LogP contribution in [0.25, 0.3) is 0 Å². The van der Waals surface area contributed by atoms with Crippen LogP contribution in [0.3, 0.4) is 0 Å². The zero-order valence-corrected chi connectivity index (χ0v) is 12.3. The Bertz CT molecular complexity index is 549. The molecule has 2 heterocycles. The molecule has 1 amide bonds. The molecule has 5 nitrogen and oxygen atoms in total. The predicted molar refractivity (Wildman–Crippen MR) is 77.5 cm³/mol. The number of carbonyl (C=O) groups excluding carboxylic acids is 1. The van der Waals surface area contributed by atoms with Gasteiger partial charge in [-0.15, -0.1) is 22.7 Å². The lowest BCUT2D eigenvalue weighted by atomic mass is 10.3. The maximum absolute atomic E-state index is 11.8. The van der Waals surface area contributed by atoms with Gasteiger partial charge in [-0.25, -0.2) is 9.97 Å². The minimum absolute atomic E-state index is 0.151. The van der Waals surface area contributed by atoms with E-state index in [1.54, 1.807) is 16.7 Å². The van der Waals surface area contributed by atoms with Gasteiger partial charge in [0.2, 0.25) is 0 Å². The van der Waals surface area contributed by atoms with Crippen LogP contribution in [0.1, 0.15) is 33.1 Å². The lowest BCUT2D eigenvalue weighted by Gasteiger charge is -2.01. The first-order valence-corrected chi connectivity index (χ1v) is 7.84. The first-order valence-electron chi connectivity index (χ1n) is 6.09. The molecule has 19 heavy (non-hydrogen) atoms. The van der Waals surface area contributed by atoms with E-state index in [4.69, 9.17) is 5.73 Å². The fourth-order valence-corrected chi connectivity index (χ4v) is 2.96. The molecule has 0 unspecified atom stereocenters. The number of nitrogens with one attached hydrogen (secondary N) is 1. The van der Waals surface area contributed by atoms with E-state index in [1.807, 2.05) is 5.38 Å². The van der Waals surface area contributed by atoms with Crippen molar-refractivity contribution in [3.05, 3.63) is 32.2 Å². The summed E-state index contributed by atoms with van der Waals surface area (Å²) in [6, 6.07) is 0. The molecule has 0 aliphatic carbocycles. The number of nitrogens with zero attached hydrogens (tertiary/aromatic N) is 2. The number of nitrogens with two attached hydrogens (primary N) is 1. The maximum Gasteiger partial charge on any atom is 0.270 e. The first-order chi connectivity index (χ1) is 9.22. The molecule has 0 saturated heterocycles. The molecule has 3 N–H and O–H groups in total. The molecule has 0 atom stereocenters. The third-order valence-electron chi connectivity index (χ3n) is 2.53. The van der Waals surface area contributed by atoms with Gasteiger partial charge in [-0.1, -0.05) is 6.92 Å². The van der Waals surface area contributed by atoms with Crippen LogP contribution in [-0.2, 0) is 19.4 Å². The third-order valence-corrected chi connectivity index (χ3v) is 4.44. The van der Waals surface area contributed by atoms with Crippen LogP contribution >= 0.6 is 22.7 Å². The van der Waals surface area contributed by atoms with Gasteiger partial charge < -0.3 is 11.1 Å². The lowest BCUT2D eigenvalue weighted by molar-refractivity contribution is 0.0949. The Morgan fingerprint density at radius 3 is 2.74 bits per heavy atom. The van der Waals surface area contributed by atoms with Gasteiger partial charge in [0, 0.05) is 30.3 Å². The Morgan fingerprint density at radius 1 is 1.32 bits per heavy atom. The van der Waals surface area contributed by atoms with Crippen molar-refractivity contribution in [2.24, 2.45) is 5.73 Å². The summed E-state index contributed by atoms with van der Waals surface area (Å²) in [5.74, 6) is -0.151. The van der Waals surface area contributed by atoms with Crippen molar-refractivity contribution in [3.63, 3.8) is 0 Å². The van der Waals surface area contributed by atoms with E-state index in [0.29, 0.717) is 18.8 Å². The van der Waals surface area contributed by atoms with Gasteiger partial charge in [-0.05, 0) is 6.42 Å². The van der Waals surface area contributed by atoms with Crippen LogP contribution in [0.5, 0.6) is 0 Å². The van der Waals surface area contributed by atoms with Gasteiger partial charge in [-0.3, -0.25) is 4.79 Å². The van der Waals surface area contributed by atoms with Crippen LogP contribution in [0, 0.1) is 0 Å². The summed E-state index contributed by atoms with van der Waals surface area (Å²) in [6.45, 7) is 3.03. The fraction of sp³-hybridized carbons (Fsp3) is 0.417. The number of hydrogen-bond acceptors (Lipinski definition) is 6.